The van der Waals surface area contributed by atoms with E-state index in [4.69, 9.17) is 0 Å². The zero-order chi connectivity index (χ0) is 22.0. The van der Waals surface area contributed by atoms with E-state index in [-0.39, 0.29) is 17.1 Å². The molecule has 1 N–H and O–H groups in total. The number of amides is 2. The standard InChI is InChI=1S/C25H18BrN3O2/c1-16-7-10-19(11-8-16)28-24(30)21(14-27)23-20-13-18(26)9-12-22(20)29(25(23)31)15-17-5-3-2-4-6-17/h2-13H,15H2,1H3,(H,28,30)/b23-21-. The lowest BCUT2D eigenvalue weighted by atomic mass is 10.0. The first-order valence-electron chi connectivity index (χ1n) is 9.66. The van der Waals surface area contributed by atoms with Gasteiger partial charge in [0.15, 0.2) is 0 Å². The number of nitrogens with one attached hydrogen (secondary N) is 1. The minimum atomic E-state index is -0.609. The van der Waals surface area contributed by atoms with E-state index in [1.54, 1.807) is 23.1 Å². The molecule has 152 valence electrons. The second-order valence-corrected chi connectivity index (χ2v) is 8.14. The van der Waals surface area contributed by atoms with Gasteiger partial charge in [0.25, 0.3) is 11.8 Å². The van der Waals surface area contributed by atoms with Crippen LogP contribution in [-0.2, 0) is 16.1 Å². The van der Waals surface area contributed by atoms with Crippen LogP contribution in [0.4, 0.5) is 11.4 Å². The fourth-order valence-corrected chi connectivity index (χ4v) is 3.88. The molecule has 3 aromatic carbocycles. The number of halogens is 1. The molecule has 0 saturated heterocycles. The Kier molecular flexibility index (Phi) is 5.70. The number of nitrogens with zero attached hydrogens (tertiary/aromatic N) is 2. The van der Waals surface area contributed by atoms with Crippen molar-refractivity contribution in [2.45, 2.75) is 13.5 Å². The van der Waals surface area contributed by atoms with Gasteiger partial charge in [0.2, 0.25) is 0 Å². The molecule has 3 aromatic rings. The van der Waals surface area contributed by atoms with Gasteiger partial charge in [-0.3, -0.25) is 9.59 Å². The van der Waals surface area contributed by atoms with Crippen molar-refractivity contribution in [1.29, 1.82) is 5.26 Å². The molecule has 0 fully saturated rings. The molecule has 0 saturated carbocycles. The van der Waals surface area contributed by atoms with Crippen molar-refractivity contribution in [2.75, 3.05) is 10.2 Å². The Morgan fingerprint density at radius 3 is 2.45 bits per heavy atom. The van der Waals surface area contributed by atoms with Crippen molar-refractivity contribution < 1.29 is 9.59 Å². The third-order valence-corrected chi connectivity index (χ3v) is 5.55. The van der Waals surface area contributed by atoms with Gasteiger partial charge in [0.05, 0.1) is 17.8 Å². The van der Waals surface area contributed by atoms with Crippen molar-refractivity contribution in [2.24, 2.45) is 0 Å². The van der Waals surface area contributed by atoms with Crippen LogP contribution in [0.1, 0.15) is 16.7 Å². The highest BCUT2D eigenvalue weighted by Gasteiger charge is 2.36. The molecule has 0 spiro atoms. The summed E-state index contributed by atoms with van der Waals surface area (Å²) in [6.07, 6.45) is 0. The quantitative estimate of drug-likeness (QED) is 0.418. The molecule has 6 heteroatoms. The first-order valence-corrected chi connectivity index (χ1v) is 10.5. The van der Waals surface area contributed by atoms with Gasteiger partial charge in [-0.1, -0.05) is 64.0 Å². The number of aryl methyl sites for hydroxylation is 1. The summed E-state index contributed by atoms with van der Waals surface area (Å²) in [5.41, 5.74) is 3.70. The normalized spacial score (nSPS) is 14.1. The number of rotatable bonds is 4. The van der Waals surface area contributed by atoms with Crippen molar-refractivity contribution >= 4 is 44.7 Å². The lowest BCUT2D eigenvalue weighted by Gasteiger charge is -2.17. The Hall–Kier alpha value is -3.69. The van der Waals surface area contributed by atoms with Crippen LogP contribution in [0, 0.1) is 18.3 Å². The minimum absolute atomic E-state index is 0.111. The summed E-state index contributed by atoms with van der Waals surface area (Å²) in [6, 6.07) is 24.2. The predicted octanol–water partition coefficient (Wildman–Crippen LogP) is 5.22. The van der Waals surface area contributed by atoms with E-state index in [0.717, 1.165) is 15.6 Å². The molecule has 5 nitrogen and oxygen atoms in total. The number of benzene rings is 3. The fraction of sp³-hybridized carbons (Fsp3) is 0.0800. The topological polar surface area (TPSA) is 73.2 Å². The summed E-state index contributed by atoms with van der Waals surface area (Å²) in [5, 5.41) is 12.5. The summed E-state index contributed by atoms with van der Waals surface area (Å²) < 4.78 is 0.759. The average Bonchev–Trinajstić information content (AvgIpc) is 3.02. The van der Waals surface area contributed by atoms with E-state index in [9.17, 15) is 14.9 Å². The Bertz CT molecular complexity index is 1240. The first-order chi connectivity index (χ1) is 15.0. The molecule has 1 aliphatic heterocycles. The smallest absolute Gasteiger partial charge is 0.267 e. The van der Waals surface area contributed by atoms with Crippen LogP contribution in [0.3, 0.4) is 0 Å². The van der Waals surface area contributed by atoms with Crippen LogP contribution in [-0.4, -0.2) is 11.8 Å². The Balaban J connectivity index is 1.76. The molecule has 1 heterocycles. The molecule has 0 bridgehead atoms. The van der Waals surface area contributed by atoms with Crippen molar-refractivity contribution in [3.05, 3.63) is 99.5 Å². The zero-order valence-electron chi connectivity index (χ0n) is 16.7. The summed E-state index contributed by atoms with van der Waals surface area (Å²) in [5.74, 6) is -0.977. The van der Waals surface area contributed by atoms with Gasteiger partial charge in [-0.15, -0.1) is 0 Å². The molecule has 0 unspecified atom stereocenters. The molecule has 0 atom stereocenters. The molecular weight excluding hydrogens is 454 g/mol. The van der Waals surface area contributed by atoms with Crippen LogP contribution < -0.4 is 10.2 Å². The van der Waals surface area contributed by atoms with Gasteiger partial charge >= 0.3 is 0 Å². The van der Waals surface area contributed by atoms with E-state index in [2.05, 4.69) is 21.2 Å². The van der Waals surface area contributed by atoms with E-state index in [0.29, 0.717) is 23.5 Å². The lowest BCUT2D eigenvalue weighted by Crippen LogP contribution is -2.27. The summed E-state index contributed by atoms with van der Waals surface area (Å²) in [7, 11) is 0. The number of carbonyl (C=O) groups is 2. The first kappa shape index (κ1) is 20.6. The molecule has 1 aliphatic rings. The molecule has 0 radical (unpaired) electrons. The van der Waals surface area contributed by atoms with Crippen LogP contribution in [0.15, 0.2) is 82.8 Å². The van der Waals surface area contributed by atoms with Crippen molar-refractivity contribution in [3.63, 3.8) is 0 Å². The lowest BCUT2D eigenvalue weighted by molar-refractivity contribution is -0.114. The van der Waals surface area contributed by atoms with Crippen molar-refractivity contribution in [3.8, 4) is 6.07 Å². The van der Waals surface area contributed by atoms with Gasteiger partial charge in [-0.25, -0.2) is 0 Å². The number of fused-ring (bicyclic) bond motifs is 1. The maximum absolute atomic E-state index is 13.4. The van der Waals surface area contributed by atoms with Crippen LogP contribution in [0.25, 0.3) is 5.57 Å². The number of nitriles is 1. The van der Waals surface area contributed by atoms with Gasteiger partial charge in [0, 0.05) is 15.7 Å². The average molecular weight is 472 g/mol. The number of carbonyl (C=O) groups excluding carboxylic acids is 2. The van der Waals surface area contributed by atoms with Gasteiger partial charge in [0.1, 0.15) is 11.6 Å². The largest absolute Gasteiger partial charge is 0.321 e. The van der Waals surface area contributed by atoms with Crippen LogP contribution in [0.2, 0.25) is 0 Å². The molecule has 2 amide bonds. The van der Waals surface area contributed by atoms with Gasteiger partial charge in [-0.05, 0) is 42.8 Å². The molecule has 31 heavy (non-hydrogen) atoms. The molecular formula is C25H18BrN3O2. The molecule has 0 aliphatic carbocycles. The third-order valence-electron chi connectivity index (χ3n) is 5.06. The van der Waals surface area contributed by atoms with Gasteiger partial charge in [-0.2, -0.15) is 5.26 Å². The van der Waals surface area contributed by atoms with Gasteiger partial charge < -0.3 is 10.2 Å². The fourth-order valence-electron chi connectivity index (χ4n) is 3.52. The van der Waals surface area contributed by atoms with E-state index < -0.39 is 5.91 Å². The monoisotopic (exact) mass is 471 g/mol. The van der Waals surface area contributed by atoms with Crippen LogP contribution in [0.5, 0.6) is 0 Å². The Morgan fingerprint density at radius 2 is 1.77 bits per heavy atom. The van der Waals surface area contributed by atoms with Crippen LogP contribution >= 0.6 is 15.9 Å². The zero-order valence-corrected chi connectivity index (χ0v) is 18.3. The minimum Gasteiger partial charge on any atom is -0.321 e. The number of hydrogen-bond donors (Lipinski definition) is 1. The maximum Gasteiger partial charge on any atom is 0.267 e. The predicted molar refractivity (Wildman–Crippen MR) is 124 cm³/mol. The SMILES string of the molecule is Cc1ccc(NC(=O)/C(C#N)=C2\C(=O)N(Cc3ccccc3)c3ccc(Br)cc32)cc1. The third kappa shape index (κ3) is 4.14. The van der Waals surface area contributed by atoms with E-state index >= 15 is 0 Å². The summed E-state index contributed by atoms with van der Waals surface area (Å²) in [6.45, 7) is 2.29. The maximum atomic E-state index is 13.4. The van der Waals surface area contributed by atoms with E-state index in [1.165, 1.54) is 0 Å². The molecule has 0 aromatic heterocycles. The highest BCUT2D eigenvalue weighted by atomic mass is 79.9. The summed E-state index contributed by atoms with van der Waals surface area (Å²) in [4.78, 5) is 27.9. The highest BCUT2D eigenvalue weighted by Crippen LogP contribution is 2.41. The number of hydrogen-bond acceptors (Lipinski definition) is 3. The number of anilines is 2. The molecule has 4 rings (SSSR count). The Morgan fingerprint density at radius 1 is 1.06 bits per heavy atom. The second kappa shape index (κ2) is 8.58. The highest BCUT2D eigenvalue weighted by molar-refractivity contribution is 9.10. The van der Waals surface area contributed by atoms with Crippen molar-refractivity contribution in [1.82, 2.24) is 0 Å². The van der Waals surface area contributed by atoms with E-state index in [1.807, 2.05) is 67.6 Å². The Labute approximate surface area is 188 Å². The second-order valence-electron chi connectivity index (χ2n) is 7.22. The summed E-state index contributed by atoms with van der Waals surface area (Å²) >= 11 is 3.43.